The van der Waals surface area contributed by atoms with E-state index in [1.807, 2.05) is 36.5 Å². The molecule has 0 amide bonds. The van der Waals surface area contributed by atoms with E-state index in [9.17, 15) is 0 Å². The fourth-order valence-corrected chi connectivity index (χ4v) is 3.35. The van der Waals surface area contributed by atoms with Crippen LogP contribution in [-0.4, -0.2) is 4.98 Å². The quantitative estimate of drug-likeness (QED) is 0.595. The number of hydrogen-bond donors (Lipinski definition) is 0. The van der Waals surface area contributed by atoms with Gasteiger partial charge in [0, 0.05) is 10.4 Å². The largest absolute Gasteiger partial charge is 0.242 e. The van der Waals surface area contributed by atoms with E-state index in [-0.39, 0.29) is 0 Å². The Morgan fingerprint density at radius 3 is 2.53 bits per heavy atom. The Bertz CT molecular complexity index is 742. The minimum Gasteiger partial charge on any atom is -0.242 e. The molecule has 19 heavy (non-hydrogen) atoms. The van der Waals surface area contributed by atoms with E-state index in [2.05, 4.69) is 35.9 Å². The van der Waals surface area contributed by atoms with Gasteiger partial charge in [0.05, 0.1) is 16.0 Å². The van der Waals surface area contributed by atoms with Gasteiger partial charge in [0.2, 0.25) is 0 Å². The zero-order valence-corrected chi connectivity index (χ0v) is 12.0. The Hall–Kier alpha value is -1.89. The van der Waals surface area contributed by atoms with Gasteiger partial charge in [-0.1, -0.05) is 24.1 Å². The van der Waals surface area contributed by atoms with Crippen LogP contribution >= 0.6 is 22.7 Å². The lowest BCUT2D eigenvalue weighted by molar-refractivity contribution is 1.42. The van der Waals surface area contributed by atoms with Crippen LogP contribution in [-0.2, 0) is 0 Å². The van der Waals surface area contributed by atoms with Gasteiger partial charge in [-0.2, -0.15) is 0 Å². The highest BCUT2D eigenvalue weighted by Crippen LogP contribution is 2.30. The van der Waals surface area contributed by atoms with Crippen molar-refractivity contribution in [1.29, 1.82) is 0 Å². The van der Waals surface area contributed by atoms with Gasteiger partial charge in [-0.3, -0.25) is 0 Å². The highest BCUT2D eigenvalue weighted by molar-refractivity contribution is 7.22. The minimum atomic E-state index is 1.00. The fourth-order valence-electron chi connectivity index (χ4n) is 1.65. The molecule has 1 nitrogen and oxygen atoms in total. The Morgan fingerprint density at radius 1 is 0.947 bits per heavy atom. The van der Waals surface area contributed by atoms with Gasteiger partial charge in [0.15, 0.2) is 0 Å². The molecule has 2 aromatic heterocycles. The van der Waals surface area contributed by atoms with Crippen LogP contribution in [0.2, 0.25) is 0 Å². The summed E-state index contributed by atoms with van der Waals surface area (Å²) in [5, 5.41) is 1.05. The topological polar surface area (TPSA) is 12.9 Å². The first-order chi connectivity index (χ1) is 9.31. The maximum atomic E-state index is 4.44. The molecule has 1 aromatic carbocycles. The normalized spacial score (nSPS) is 9.95. The van der Waals surface area contributed by atoms with Crippen molar-refractivity contribution in [2.75, 3.05) is 0 Å². The van der Waals surface area contributed by atoms with Crippen molar-refractivity contribution < 1.29 is 0 Å². The molecule has 3 rings (SSSR count). The summed E-state index contributed by atoms with van der Waals surface area (Å²) in [6.07, 6.45) is 1.85. The number of thiazole rings is 1. The monoisotopic (exact) mass is 281 g/mol. The molecule has 0 spiro atoms. The van der Waals surface area contributed by atoms with Crippen molar-refractivity contribution in [1.82, 2.24) is 4.98 Å². The van der Waals surface area contributed by atoms with Crippen LogP contribution in [0.1, 0.15) is 15.3 Å². The molecule has 0 fully saturated rings. The molecule has 92 valence electrons. The fraction of sp³-hybridized carbons (Fsp3) is 0.0625. The second kappa shape index (κ2) is 5.40. The molecule has 3 heteroatoms. The van der Waals surface area contributed by atoms with Crippen LogP contribution in [0.5, 0.6) is 0 Å². The van der Waals surface area contributed by atoms with Crippen LogP contribution in [0.25, 0.3) is 9.88 Å². The highest BCUT2D eigenvalue weighted by Gasteiger charge is 2.05. The van der Waals surface area contributed by atoms with E-state index in [0.29, 0.717) is 0 Å². The summed E-state index contributed by atoms with van der Waals surface area (Å²) in [4.78, 5) is 7.97. The van der Waals surface area contributed by atoms with Crippen LogP contribution in [0.15, 0.2) is 48.7 Å². The number of benzene rings is 1. The lowest BCUT2D eigenvalue weighted by Crippen LogP contribution is -1.70. The van der Waals surface area contributed by atoms with Gasteiger partial charge >= 0.3 is 0 Å². The van der Waals surface area contributed by atoms with Crippen molar-refractivity contribution in [2.24, 2.45) is 0 Å². The zero-order chi connectivity index (χ0) is 13.1. The summed E-state index contributed by atoms with van der Waals surface area (Å²) in [5.41, 5.74) is 1.03. The second-order valence-corrected chi connectivity index (χ2v) is 6.37. The van der Waals surface area contributed by atoms with Crippen molar-refractivity contribution in [3.8, 4) is 21.7 Å². The lowest BCUT2D eigenvalue weighted by atomic mass is 10.2. The molecular formula is C16H11NS2. The Labute approximate surface area is 120 Å². The predicted molar refractivity (Wildman–Crippen MR) is 82.6 cm³/mol. The number of aromatic nitrogens is 1. The van der Waals surface area contributed by atoms with Crippen molar-refractivity contribution in [3.05, 3.63) is 64.0 Å². The third kappa shape index (κ3) is 2.93. The van der Waals surface area contributed by atoms with Crippen LogP contribution in [0.4, 0.5) is 0 Å². The first-order valence-electron chi connectivity index (χ1n) is 5.91. The van der Waals surface area contributed by atoms with Crippen LogP contribution < -0.4 is 0 Å². The third-order valence-electron chi connectivity index (χ3n) is 2.56. The Balaban J connectivity index is 1.85. The lowest BCUT2D eigenvalue weighted by Gasteiger charge is -1.86. The highest BCUT2D eigenvalue weighted by atomic mass is 32.1. The van der Waals surface area contributed by atoms with Gasteiger partial charge in [-0.15, -0.1) is 22.7 Å². The van der Waals surface area contributed by atoms with Crippen molar-refractivity contribution >= 4 is 22.7 Å². The third-order valence-corrected chi connectivity index (χ3v) is 4.64. The maximum absolute atomic E-state index is 4.44. The number of nitrogens with zero attached hydrogens (tertiary/aromatic N) is 1. The van der Waals surface area contributed by atoms with E-state index < -0.39 is 0 Å². The second-order valence-electron chi connectivity index (χ2n) is 4.06. The van der Waals surface area contributed by atoms with Crippen molar-refractivity contribution in [2.45, 2.75) is 6.92 Å². The number of aryl methyl sites for hydroxylation is 1. The molecular weight excluding hydrogens is 270 g/mol. The van der Waals surface area contributed by atoms with Gasteiger partial charge in [0.1, 0.15) is 5.01 Å². The van der Waals surface area contributed by atoms with Gasteiger partial charge in [-0.25, -0.2) is 4.98 Å². The average Bonchev–Trinajstić information content (AvgIpc) is 3.06. The maximum Gasteiger partial charge on any atom is 0.134 e. The molecule has 2 heterocycles. The molecule has 0 N–H and O–H groups in total. The smallest absolute Gasteiger partial charge is 0.134 e. The number of thiophene rings is 1. The first kappa shape index (κ1) is 12.2. The molecule has 0 aliphatic rings. The minimum absolute atomic E-state index is 1.00. The summed E-state index contributed by atoms with van der Waals surface area (Å²) in [6, 6.07) is 14.3. The zero-order valence-electron chi connectivity index (χ0n) is 10.4. The number of rotatable bonds is 1. The van der Waals surface area contributed by atoms with E-state index in [4.69, 9.17) is 0 Å². The van der Waals surface area contributed by atoms with E-state index >= 15 is 0 Å². The molecule has 0 aliphatic heterocycles. The summed E-state index contributed by atoms with van der Waals surface area (Å²) in [7, 11) is 0. The van der Waals surface area contributed by atoms with Crippen LogP contribution in [0.3, 0.4) is 0 Å². The average molecular weight is 281 g/mol. The molecule has 0 radical (unpaired) electrons. The molecule has 0 aliphatic carbocycles. The molecule has 0 atom stereocenters. The molecule has 0 bridgehead atoms. The van der Waals surface area contributed by atoms with Gasteiger partial charge in [-0.05, 0) is 37.1 Å². The standard InChI is InChI=1S/C16H11NS2/c1-12-7-10-15(18-12)16-17-11-14(19-16)9-8-13-5-3-2-4-6-13/h2-7,10-11H,1H3. The van der Waals surface area contributed by atoms with Crippen molar-refractivity contribution in [3.63, 3.8) is 0 Å². The molecule has 3 aromatic rings. The Kier molecular flexibility index (Phi) is 3.45. The summed E-state index contributed by atoms with van der Waals surface area (Å²) in [5.74, 6) is 6.32. The predicted octanol–water partition coefficient (Wildman–Crippen LogP) is 4.58. The number of hydrogen-bond acceptors (Lipinski definition) is 3. The molecule has 0 saturated carbocycles. The summed E-state index contributed by atoms with van der Waals surface area (Å²) in [6.45, 7) is 2.11. The van der Waals surface area contributed by atoms with Crippen LogP contribution in [0, 0.1) is 18.8 Å². The SMILES string of the molecule is Cc1ccc(-c2ncc(C#Cc3ccccc3)s2)s1. The molecule has 0 saturated heterocycles. The van der Waals surface area contributed by atoms with Gasteiger partial charge < -0.3 is 0 Å². The summed E-state index contributed by atoms with van der Waals surface area (Å²) >= 11 is 3.41. The van der Waals surface area contributed by atoms with E-state index in [1.54, 1.807) is 22.7 Å². The molecule has 0 unspecified atom stereocenters. The first-order valence-corrected chi connectivity index (χ1v) is 7.54. The Morgan fingerprint density at radius 2 is 1.79 bits per heavy atom. The van der Waals surface area contributed by atoms with E-state index in [0.717, 1.165) is 15.4 Å². The summed E-state index contributed by atoms with van der Waals surface area (Å²) < 4.78 is 0. The van der Waals surface area contributed by atoms with E-state index in [1.165, 1.54) is 9.75 Å². The van der Waals surface area contributed by atoms with Gasteiger partial charge in [0.25, 0.3) is 0 Å².